The van der Waals surface area contributed by atoms with E-state index in [4.69, 9.17) is 33.0 Å². The molecule has 0 aromatic rings. The Kier molecular flexibility index (Phi) is 5.69. The van der Waals surface area contributed by atoms with Crippen LogP contribution in [0, 0.1) is 0 Å². The summed E-state index contributed by atoms with van der Waals surface area (Å²) in [5.41, 5.74) is 0. The summed E-state index contributed by atoms with van der Waals surface area (Å²) < 4.78 is 55.9. The van der Waals surface area contributed by atoms with E-state index in [1.807, 2.05) is 13.8 Å². The van der Waals surface area contributed by atoms with Gasteiger partial charge in [-0.2, -0.15) is 8.42 Å². The molecule has 0 aliphatic carbocycles. The Morgan fingerprint density at radius 1 is 1.22 bits per heavy atom. The first kappa shape index (κ1) is 19.0. The van der Waals surface area contributed by atoms with E-state index >= 15 is 0 Å². The Morgan fingerprint density at radius 3 is 2.43 bits per heavy atom. The molecule has 0 bridgehead atoms. The summed E-state index contributed by atoms with van der Waals surface area (Å²) in [5.74, 6) is -2.42. The van der Waals surface area contributed by atoms with Crippen molar-refractivity contribution < 1.29 is 36.3 Å². The van der Waals surface area contributed by atoms with Gasteiger partial charge in [0.05, 0.1) is 6.61 Å². The molecule has 23 heavy (non-hydrogen) atoms. The lowest BCUT2D eigenvalue weighted by Gasteiger charge is -2.43. The third-order valence-corrected chi connectivity index (χ3v) is 4.03. The standard InChI is InChI=1S/C13H25NO8S/c1-5-17-9-7-19-13(8-20-23(14,15)16)11(10(9)18-6-2)21-12(3,4)22-13/h9-11H,5-8H2,1-4H3,(H2,14,15,16)/t9-,10-,11+,13+/m1/s1. The lowest BCUT2D eigenvalue weighted by Crippen LogP contribution is -2.62. The highest BCUT2D eigenvalue weighted by Gasteiger charge is 2.62. The van der Waals surface area contributed by atoms with E-state index in [0.717, 1.165) is 0 Å². The summed E-state index contributed by atoms with van der Waals surface area (Å²) in [6.07, 6.45) is -1.56. The molecule has 2 heterocycles. The summed E-state index contributed by atoms with van der Waals surface area (Å²) in [5, 5.41) is 4.91. The fourth-order valence-corrected chi connectivity index (χ4v) is 3.23. The molecule has 0 aromatic heterocycles. The van der Waals surface area contributed by atoms with Crippen LogP contribution >= 0.6 is 0 Å². The minimum atomic E-state index is -4.15. The van der Waals surface area contributed by atoms with Crippen LogP contribution in [-0.2, 0) is 38.2 Å². The van der Waals surface area contributed by atoms with Gasteiger partial charge in [0.2, 0.25) is 5.79 Å². The Bertz CT molecular complexity index is 510. The zero-order valence-corrected chi connectivity index (χ0v) is 14.6. The SMILES string of the molecule is CCO[C@@H]1[C@H](OCC)CO[C@@]2(COS(N)(=O)=O)OC(C)(C)O[C@@H]12. The molecule has 10 heteroatoms. The van der Waals surface area contributed by atoms with E-state index in [1.54, 1.807) is 13.8 Å². The van der Waals surface area contributed by atoms with Crippen molar-refractivity contribution >= 4 is 10.3 Å². The lowest BCUT2D eigenvalue weighted by molar-refractivity contribution is -0.308. The van der Waals surface area contributed by atoms with E-state index < -0.39 is 40.7 Å². The van der Waals surface area contributed by atoms with Gasteiger partial charge >= 0.3 is 10.3 Å². The van der Waals surface area contributed by atoms with Crippen LogP contribution in [0.1, 0.15) is 27.7 Å². The summed E-state index contributed by atoms with van der Waals surface area (Å²) >= 11 is 0. The summed E-state index contributed by atoms with van der Waals surface area (Å²) in [7, 11) is -4.15. The minimum absolute atomic E-state index is 0.155. The monoisotopic (exact) mass is 355 g/mol. The summed E-state index contributed by atoms with van der Waals surface area (Å²) in [4.78, 5) is 0. The zero-order chi connectivity index (χ0) is 17.3. The van der Waals surface area contributed by atoms with Crippen molar-refractivity contribution in [1.82, 2.24) is 0 Å². The van der Waals surface area contributed by atoms with Crippen LogP contribution in [0.15, 0.2) is 0 Å². The van der Waals surface area contributed by atoms with Gasteiger partial charge < -0.3 is 23.7 Å². The van der Waals surface area contributed by atoms with Gasteiger partial charge in [-0.15, -0.1) is 0 Å². The fourth-order valence-electron chi connectivity index (χ4n) is 2.90. The Hall–Kier alpha value is -0.330. The van der Waals surface area contributed by atoms with Gasteiger partial charge in [-0.05, 0) is 27.7 Å². The average Bonchev–Trinajstić information content (AvgIpc) is 2.71. The number of nitrogens with two attached hydrogens (primary N) is 1. The molecular formula is C13H25NO8S. The van der Waals surface area contributed by atoms with Gasteiger partial charge in [0.1, 0.15) is 24.9 Å². The number of hydrogen-bond donors (Lipinski definition) is 1. The first-order valence-electron chi connectivity index (χ1n) is 7.55. The molecule has 2 N–H and O–H groups in total. The highest BCUT2D eigenvalue weighted by Crippen LogP contribution is 2.44. The predicted octanol–water partition coefficient (Wildman–Crippen LogP) is -0.105. The van der Waals surface area contributed by atoms with Gasteiger partial charge in [-0.1, -0.05) is 0 Å². The molecule has 2 rings (SSSR count). The molecular weight excluding hydrogens is 330 g/mol. The van der Waals surface area contributed by atoms with Gasteiger partial charge in [0.15, 0.2) is 5.79 Å². The molecule has 2 saturated heterocycles. The number of fused-ring (bicyclic) bond motifs is 1. The van der Waals surface area contributed by atoms with Crippen molar-refractivity contribution in [1.29, 1.82) is 0 Å². The maximum absolute atomic E-state index is 11.1. The van der Waals surface area contributed by atoms with Crippen LogP contribution < -0.4 is 5.14 Å². The number of rotatable bonds is 7. The molecule has 4 atom stereocenters. The molecule has 2 aliphatic heterocycles. The van der Waals surface area contributed by atoms with Crippen molar-refractivity contribution in [3.05, 3.63) is 0 Å². The average molecular weight is 355 g/mol. The molecule has 2 fully saturated rings. The van der Waals surface area contributed by atoms with Crippen molar-refractivity contribution in [2.45, 2.75) is 57.6 Å². The van der Waals surface area contributed by atoms with E-state index in [2.05, 4.69) is 0 Å². The maximum Gasteiger partial charge on any atom is 0.333 e. The predicted molar refractivity (Wildman–Crippen MR) is 78.6 cm³/mol. The first-order valence-corrected chi connectivity index (χ1v) is 9.02. The Morgan fingerprint density at radius 2 is 1.87 bits per heavy atom. The van der Waals surface area contributed by atoms with Crippen molar-refractivity contribution in [2.24, 2.45) is 5.14 Å². The first-order chi connectivity index (χ1) is 10.6. The molecule has 0 spiro atoms. The number of hydrogen-bond acceptors (Lipinski definition) is 8. The maximum atomic E-state index is 11.1. The second kappa shape index (κ2) is 6.89. The molecule has 0 saturated carbocycles. The third kappa shape index (κ3) is 4.40. The molecule has 0 aromatic carbocycles. The molecule has 9 nitrogen and oxygen atoms in total. The summed E-state index contributed by atoms with van der Waals surface area (Å²) in [6.45, 7) is 7.76. The summed E-state index contributed by atoms with van der Waals surface area (Å²) in [6, 6.07) is 0. The van der Waals surface area contributed by atoms with E-state index in [-0.39, 0.29) is 12.7 Å². The van der Waals surface area contributed by atoms with Crippen LogP contribution in [0.25, 0.3) is 0 Å². The van der Waals surface area contributed by atoms with Crippen molar-refractivity contribution in [3.63, 3.8) is 0 Å². The van der Waals surface area contributed by atoms with Gasteiger partial charge in [-0.3, -0.25) is 4.18 Å². The van der Waals surface area contributed by atoms with Crippen molar-refractivity contribution in [2.75, 3.05) is 26.4 Å². The zero-order valence-electron chi connectivity index (χ0n) is 13.8. The fraction of sp³-hybridized carbons (Fsp3) is 1.00. The third-order valence-electron chi connectivity index (χ3n) is 3.58. The van der Waals surface area contributed by atoms with Crippen LogP contribution in [0.5, 0.6) is 0 Å². The molecule has 2 aliphatic rings. The van der Waals surface area contributed by atoms with Crippen LogP contribution in [0.2, 0.25) is 0 Å². The van der Waals surface area contributed by atoms with Gasteiger partial charge in [-0.25, -0.2) is 5.14 Å². The largest absolute Gasteiger partial charge is 0.373 e. The second-order valence-electron chi connectivity index (χ2n) is 5.83. The van der Waals surface area contributed by atoms with Crippen LogP contribution in [-0.4, -0.2) is 64.7 Å². The highest BCUT2D eigenvalue weighted by atomic mass is 32.2. The van der Waals surface area contributed by atoms with Crippen molar-refractivity contribution in [3.8, 4) is 0 Å². The molecule has 0 amide bonds. The highest BCUT2D eigenvalue weighted by molar-refractivity contribution is 7.84. The topological polar surface area (TPSA) is 116 Å². The van der Waals surface area contributed by atoms with Crippen LogP contribution in [0.4, 0.5) is 0 Å². The van der Waals surface area contributed by atoms with Crippen LogP contribution in [0.3, 0.4) is 0 Å². The lowest BCUT2D eigenvalue weighted by atomic mass is 9.97. The van der Waals surface area contributed by atoms with E-state index in [9.17, 15) is 8.42 Å². The number of ether oxygens (including phenoxy) is 5. The quantitative estimate of drug-likeness (QED) is 0.673. The Balaban J connectivity index is 2.27. The van der Waals surface area contributed by atoms with Gasteiger partial charge in [0.25, 0.3) is 0 Å². The molecule has 0 radical (unpaired) electrons. The molecule has 136 valence electrons. The normalized spacial score (nSPS) is 36.8. The Labute approximate surface area is 136 Å². The van der Waals surface area contributed by atoms with Gasteiger partial charge in [0, 0.05) is 13.2 Å². The smallest absolute Gasteiger partial charge is 0.333 e. The second-order valence-corrected chi connectivity index (χ2v) is 7.05. The van der Waals surface area contributed by atoms with E-state index in [0.29, 0.717) is 13.2 Å². The minimum Gasteiger partial charge on any atom is -0.373 e. The van der Waals surface area contributed by atoms with E-state index in [1.165, 1.54) is 0 Å². The molecule has 0 unspecified atom stereocenters.